The fourth-order valence-electron chi connectivity index (χ4n) is 2.39. The first-order valence-corrected chi connectivity index (χ1v) is 7.42. The Morgan fingerprint density at radius 1 is 1.21 bits per heavy atom. The molecule has 0 unspecified atom stereocenters. The number of non-ortho nitro benzene ring substituents is 1. The summed E-state index contributed by atoms with van der Waals surface area (Å²) in [4.78, 5) is 14.7. The van der Waals surface area contributed by atoms with Gasteiger partial charge in [0.25, 0.3) is 5.69 Å². The monoisotopic (exact) mass is 324 g/mol. The Kier molecular flexibility index (Phi) is 4.29. The first-order chi connectivity index (χ1) is 11.5. The Hall–Kier alpha value is -3.15. The van der Waals surface area contributed by atoms with Crippen LogP contribution < -0.4 is 4.74 Å². The van der Waals surface area contributed by atoms with Gasteiger partial charge in [0.15, 0.2) is 0 Å². The minimum absolute atomic E-state index is 0.0105. The molecule has 3 rings (SSSR count). The number of benzene rings is 2. The van der Waals surface area contributed by atoms with Gasteiger partial charge < -0.3 is 9.15 Å². The summed E-state index contributed by atoms with van der Waals surface area (Å²) in [5, 5.41) is 10.8. The van der Waals surface area contributed by atoms with Crippen LogP contribution in [0.25, 0.3) is 11.5 Å². The van der Waals surface area contributed by atoms with E-state index in [0.29, 0.717) is 17.3 Å². The maximum atomic E-state index is 10.8. The number of oxazole rings is 1. The van der Waals surface area contributed by atoms with E-state index >= 15 is 0 Å². The molecule has 122 valence electrons. The normalized spacial score (nSPS) is 10.6. The van der Waals surface area contributed by atoms with Crippen molar-refractivity contribution in [2.45, 2.75) is 20.5 Å². The van der Waals surface area contributed by atoms with E-state index in [2.05, 4.69) is 11.1 Å². The summed E-state index contributed by atoms with van der Waals surface area (Å²) in [6, 6.07) is 12.1. The number of hydrogen-bond donors (Lipinski definition) is 0. The van der Waals surface area contributed by atoms with Gasteiger partial charge in [-0.05, 0) is 31.5 Å². The van der Waals surface area contributed by atoms with E-state index in [1.807, 2.05) is 26.0 Å². The van der Waals surface area contributed by atoms with Crippen molar-refractivity contribution in [1.29, 1.82) is 0 Å². The molecule has 0 atom stereocenters. The maximum Gasteiger partial charge on any atom is 0.273 e. The molecule has 1 aromatic heterocycles. The van der Waals surface area contributed by atoms with E-state index in [4.69, 9.17) is 9.15 Å². The van der Waals surface area contributed by atoms with Gasteiger partial charge in [0.05, 0.1) is 11.0 Å². The van der Waals surface area contributed by atoms with E-state index in [-0.39, 0.29) is 12.3 Å². The summed E-state index contributed by atoms with van der Waals surface area (Å²) in [6.45, 7) is 4.21. The van der Waals surface area contributed by atoms with Gasteiger partial charge in [0, 0.05) is 11.6 Å². The third kappa shape index (κ3) is 3.43. The summed E-state index contributed by atoms with van der Waals surface area (Å²) in [5.74, 6) is 0.949. The van der Waals surface area contributed by atoms with E-state index in [9.17, 15) is 10.1 Å². The molecule has 6 heteroatoms. The lowest BCUT2D eigenvalue weighted by Gasteiger charge is -2.03. The molecule has 0 bridgehead atoms. The van der Waals surface area contributed by atoms with Crippen molar-refractivity contribution in [2.75, 3.05) is 0 Å². The second kappa shape index (κ2) is 6.54. The smallest absolute Gasteiger partial charge is 0.273 e. The minimum atomic E-state index is -0.457. The van der Waals surface area contributed by atoms with E-state index in [1.165, 1.54) is 24.0 Å². The molecule has 0 saturated heterocycles. The summed E-state index contributed by atoms with van der Waals surface area (Å²) < 4.78 is 11.1. The van der Waals surface area contributed by atoms with Crippen LogP contribution in [0.15, 0.2) is 53.1 Å². The first-order valence-electron chi connectivity index (χ1n) is 7.42. The fourth-order valence-corrected chi connectivity index (χ4v) is 2.39. The zero-order valence-corrected chi connectivity index (χ0v) is 13.4. The van der Waals surface area contributed by atoms with Crippen LogP contribution in [-0.4, -0.2) is 9.91 Å². The minimum Gasteiger partial charge on any atom is -0.487 e. The van der Waals surface area contributed by atoms with Gasteiger partial charge in [-0.2, -0.15) is 0 Å². The molecular weight excluding hydrogens is 308 g/mol. The van der Waals surface area contributed by atoms with Gasteiger partial charge in [-0.25, -0.2) is 4.98 Å². The van der Waals surface area contributed by atoms with E-state index in [1.54, 1.807) is 12.1 Å². The van der Waals surface area contributed by atoms with Crippen molar-refractivity contribution in [3.05, 3.63) is 75.7 Å². The summed E-state index contributed by atoms with van der Waals surface area (Å²) >= 11 is 0. The highest BCUT2D eigenvalue weighted by atomic mass is 16.6. The molecule has 3 aromatic rings. The Bertz CT molecular complexity index is 886. The third-order valence-corrected chi connectivity index (χ3v) is 3.58. The molecule has 0 aliphatic carbocycles. The third-order valence-electron chi connectivity index (χ3n) is 3.58. The molecule has 1 heterocycles. The van der Waals surface area contributed by atoms with Crippen molar-refractivity contribution in [3.8, 4) is 17.2 Å². The summed E-state index contributed by atoms with van der Waals surface area (Å²) in [7, 11) is 0. The van der Waals surface area contributed by atoms with Crippen LogP contribution in [0.4, 0.5) is 5.69 Å². The van der Waals surface area contributed by atoms with Crippen molar-refractivity contribution < 1.29 is 14.1 Å². The lowest BCUT2D eigenvalue weighted by Crippen LogP contribution is -1.97. The zero-order chi connectivity index (χ0) is 17.1. The van der Waals surface area contributed by atoms with Crippen molar-refractivity contribution in [3.63, 3.8) is 0 Å². The summed E-state index contributed by atoms with van der Waals surface area (Å²) in [6.07, 6.45) is 1.53. The van der Waals surface area contributed by atoms with Crippen LogP contribution in [0, 0.1) is 24.0 Å². The zero-order valence-electron chi connectivity index (χ0n) is 13.4. The molecule has 2 aromatic carbocycles. The number of nitro groups is 1. The molecule has 0 N–H and O–H groups in total. The largest absolute Gasteiger partial charge is 0.487 e. The highest BCUT2D eigenvalue weighted by Crippen LogP contribution is 2.24. The molecule has 0 spiro atoms. The number of ether oxygens (including phenoxy) is 1. The maximum absolute atomic E-state index is 10.8. The van der Waals surface area contributed by atoms with Crippen LogP contribution in [0.5, 0.6) is 5.75 Å². The second-order valence-corrected chi connectivity index (χ2v) is 5.51. The highest BCUT2D eigenvalue weighted by Gasteiger charge is 2.11. The number of rotatable bonds is 5. The predicted octanol–water partition coefficient (Wildman–Crippen LogP) is 4.45. The molecule has 0 fully saturated rings. The average molecular weight is 324 g/mol. The van der Waals surface area contributed by atoms with Crippen LogP contribution in [0.2, 0.25) is 0 Å². The molecule has 0 saturated carbocycles. The standard InChI is InChI=1S/C18H16N2O4/c1-12-6-7-17(13(2)8-12)18-19-14(11-24-18)10-23-16-5-3-4-15(9-16)20(21)22/h3-9,11H,10H2,1-2H3. The SMILES string of the molecule is Cc1ccc(-c2nc(COc3cccc([N+](=O)[O-])c3)co2)c(C)c1. The molecule has 6 nitrogen and oxygen atoms in total. The molecule has 0 amide bonds. The highest BCUT2D eigenvalue weighted by molar-refractivity contribution is 5.59. The van der Waals surface area contributed by atoms with Crippen molar-refractivity contribution >= 4 is 5.69 Å². The Morgan fingerprint density at radius 3 is 2.79 bits per heavy atom. The molecule has 24 heavy (non-hydrogen) atoms. The van der Waals surface area contributed by atoms with Gasteiger partial charge in [-0.1, -0.05) is 23.8 Å². The molecule has 0 aliphatic rings. The van der Waals surface area contributed by atoms with Crippen molar-refractivity contribution in [2.24, 2.45) is 0 Å². The Balaban J connectivity index is 1.72. The van der Waals surface area contributed by atoms with Gasteiger partial charge in [-0.3, -0.25) is 10.1 Å². The van der Waals surface area contributed by atoms with Gasteiger partial charge in [0.1, 0.15) is 24.3 Å². The Labute approximate surface area is 138 Å². The number of nitrogens with zero attached hydrogens (tertiary/aromatic N) is 2. The van der Waals surface area contributed by atoms with Crippen molar-refractivity contribution in [1.82, 2.24) is 4.98 Å². The summed E-state index contributed by atoms with van der Waals surface area (Å²) in [5.41, 5.74) is 3.81. The second-order valence-electron chi connectivity index (χ2n) is 5.51. The number of nitro benzene ring substituents is 1. The fraction of sp³-hybridized carbons (Fsp3) is 0.167. The van der Waals surface area contributed by atoms with E-state index in [0.717, 1.165) is 11.1 Å². The number of aryl methyl sites for hydroxylation is 2. The lowest BCUT2D eigenvalue weighted by atomic mass is 10.1. The van der Waals surface area contributed by atoms with Crippen LogP contribution in [0.1, 0.15) is 16.8 Å². The predicted molar refractivity (Wildman–Crippen MR) is 88.8 cm³/mol. The van der Waals surface area contributed by atoms with E-state index < -0.39 is 4.92 Å². The topological polar surface area (TPSA) is 78.4 Å². The lowest BCUT2D eigenvalue weighted by molar-refractivity contribution is -0.384. The number of hydrogen-bond acceptors (Lipinski definition) is 5. The molecule has 0 aliphatic heterocycles. The van der Waals surface area contributed by atoms with Crippen LogP contribution in [0.3, 0.4) is 0 Å². The van der Waals surface area contributed by atoms with Gasteiger partial charge in [-0.15, -0.1) is 0 Å². The molecular formula is C18H16N2O4. The van der Waals surface area contributed by atoms with Crippen LogP contribution in [-0.2, 0) is 6.61 Å². The van der Waals surface area contributed by atoms with Gasteiger partial charge in [0.2, 0.25) is 5.89 Å². The number of aromatic nitrogens is 1. The Morgan fingerprint density at radius 2 is 2.04 bits per heavy atom. The van der Waals surface area contributed by atoms with Gasteiger partial charge >= 0.3 is 0 Å². The van der Waals surface area contributed by atoms with Crippen LogP contribution >= 0.6 is 0 Å². The quantitative estimate of drug-likeness (QED) is 0.512. The molecule has 0 radical (unpaired) electrons. The first kappa shape index (κ1) is 15.7. The average Bonchev–Trinajstić information content (AvgIpc) is 3.02.